The van der Waals surface area contributed by atoms with Gasteiger partial charge in [-0.15, -0.1) is 0 Å². The van der Waals surface area contributed by atoms with E-state index in [1.807, 2.05) is 18.2 Å². The number of thiocarbonyl (C=S) groups is 1. The highest BCUT2D eigenvalue weighted by molar-refractivity contribution is 7.80. The molecule has 1 aliphatic heterocycles. The van der Waals surface area contributed by atoms with E-state index >= 15 is 0 Å². The van der Waals surface area contributed by atoms with Crippen molar-refractivity contribution in [2.24, 2.45) is 5.73 Å². The molecular formula is C21H22Cl2N4S. The number of nitrogens with two attached hydrogens (primary N) is 1. The molecule has 0 saturated carbocycles. The maximum atomic E-state index is 6.45. The van der Waals surface area contributed by atoms with Gasteiger partial charge in [-0.1, -0.05) is 29.3 Å². The SMILES string of the molecule is CN1CCC(c2c[nH]c3ccc(N(C(N)=S)c4cccc(Cl)c4Cl)cc23)CC1. The van der Waals surface area contributed by atoms with Crippen LogP contribution in [0, 0.1) is 0 Å². The van der Waals surface area contributed by atoms with Crippen LogP contribution in [0.1, 0.15) is 24.3 Å². The van der Waals surface area contributed by atoms with Crippen molar-refractivity contribution in [2.45, 2.75) is 18.8 Å². The zero-order valence-corrected chi connectivity index (χ0v) is 17.9. The lowest BCUT2D eigenvalue weighted by Crippen LogP contribution is -2.31. The van der Waals surface area contributed by atoms with Gasteiger partial charge in [-0.05, 0) is 87.0 Å². The summed E-state index contributed by atoms with van der Waals surface area (Å²) in [6.45, 7) is 2.24. The number of halogens is 2. The Kier molecular flexibility index (Phi) is 5.52. The van der Waals surface area contributed by atoms with Gasteiger partial charge in [-0.2, -0.15) is 0 Å². The molecule has 3 N–H and O–H groups in total. The molecule has 1 aliphatic rings. The maximum absolute atomic E-state index is 6.45. The Morgan fingerprint density at radius 3 is 2.68 bits per heavy atom. The molecule has 0 atom stereocenters. The number of H-pyrrole nitrogens is 1. The number of hydrogen-bond donors (Lipinski definition) is 2. The summed E-state index contributed by atoms with van der Waals surface area (Å²) in [7, 11) is 2.18. The average Bonchev–Trinajstić information content (AvgIpc) is 3.09. The van der Waals surface area contributed by atoms with Gasteiger partial charge in [-0.25, -0.2) is 0 Å². The summed E-state index contributed by atoms with van der Waals surface area (Å²) in [6, 6.07) is 11.6. The first-order chi connectivity index (χ1) is 13.5. The van der Waals surface area contributed by atoms with Crippen molar-refractivity contribution in [1.29, 1.82) is 0 Å². The number of nitrogens with zero attached hydrogens (tertiary/aromatic N) is 2. The molecule has 0 radical (unpaired) electrons. The van der Waals surface area contributed by atoms with E-state index in [9.17, 15) is 0 Å². The van der Waals surface area contributed by atoms with Gasteiger partial charge in [0.15, 0.2) is 5.11 Å². The van der Waals surface area contributed by atoms with Gasteiger partial charge in [0, 0.05) is 22.8 Å². The molecule has 0 unspecified atom stereocenters. The maximum Gasteiger partial charge on any atom is 0.175 e. The summed E-state index contributed by atoms with van der Waals surface area (Å²) in [4.78, 5) is 7.56. The second-order valence-electron chi connectivity index (χ2n) is 7.30. The third-order valence-corrected chi connectivity index (χ3v) is 6.50. The van der Waals surface area contributed by atoms with Crippen molar-refractivity contribution < 1.29 is 0 Å². The molecular weight excluding hydrogens is 411 g/mol. The van der Waals surface area contributed by atoms with E-state index in [-0.39, 0.29) is 5.11 Å². The molecule has 1 fully saturated rings. The molecule has 1 saturated heterocycles. The minimum Gasteiger partial charge on any atom is -0.376 e. The number of piperidine rings is 1. The van der Waals surface area contributed by atoms with Crippen molar-refractivity contribution in [3.8, 4) is 0 Å². The standard InChI is InChI=1S/C21H22Cl2N4S/c1-26-9-7-13(8-10-26)16-12-25-18-6-5-14(11-15(16)18)27(21(24)28)19-4-2-3-17(22)20(19)23/h2-6,11-13,25H,7-10H2,1H3,(H2,24,28). The number of nitrogens with one attached hydrogen (secondary N) is 1. The molecule has 0 aliphatic carbocycles. The number of benzene rings is 2. The second kappa shape index (κ2) is 7.91. The Hall–Kier alpha value is -1.79. The minimum absolute atomic E-state index is 0.222. The Balaban J connectivity index is 1.78. The molecule has 3 aromatic rings. The normalized spacial score (nSPS) is 15.8. The highest BCUT2D eigenvalue weighted by atomic mass is 35.5. The van der Waals surface area contributed by atoms with Gasteiger partial charge >= 0.3 is 0 Å². The van der Waals surface area contributed by atoms with E-state index in [1.54, 1.807) is 11.0 Å². The van der Waals surface area contributed by atoms with Crippen molar-refractivity contribution in [3.63, 3.8) is 0 Å². The molecule has 4 nitrogen and oxygen atoms in total. The quantitative estimate of drug-likeness (QED) is 0.523. The summed E-state index contributed by atoms with van der Waals surface area (Å²) in [5.41, 5.74) is 10.1. The molecule has 7 heteroatoms. The van der Waals surface area contributed by atoms with Crippen molar-refractivity contribution in [3.05, 3.63) is 58.2 Å². The van der Waals surface area contributed by atoms with Gasteiger partial charge in [0.1, 0.15) is 0 Å². The van der Waals surface area contributed by atoms with Crippen LogP contribution in [0.2, 0.25) is 10.0 Å². The number of rotatable bonds is 3. The van der Waals surface area contributed by atoms with Crippen LogP contribution in [0.25, 0.3) is 10.9 Å². The molecule has 146 valence electrons. The summed E-state index contributed by atoms with van der Waals surface area (Å²) in [6.07, 6.45) is 4.46. The molecule has 4 rings (SSSR count). The first-order valence-electron chi connectivity index (χ1n) is 9.29. The zero-order valence-electron chi connectivity index (χ0n) is 15.6. The highest BCUT2D eigenvalue weighted by Gasteiger charge is 2.23. The topological polar surface area (TPSA) is 48.3 Å². The monoisotopic (exact) mass is 432 g/mol. The molecule has 1 aromatic heterocycles. The van der Waals surface area contributed by atoms with Gasteiger partial charge in [0.05, 0.1) is 15.7 Å². The third kappa shape index (κ3) is 3.60. The molecule has 2 aromatic carbocycles. The van der Waals surface area contributed by atoms with Crippen LogP contribution in [0.4, 0.5) is 11.4 Å². The average molecular weight is 433 g/mol. The fraction of sp³-hybridized carbons (Fsp3) is 0.286. The smallest absolute Gasteiger partial charge is 0.175 e. The van der Waals surface area contributed by atoms with E-state index < -0.39 is 0 Å². The van der Waals surface area contributed by atoms with Crippen LogP contribution >= 0.6 is 35.4 Å². The number of fused-ring (bicyclic) bond motifs is 1. The predicted molar refractivity (Wildman–Crippen MR) is 123 cm³/mol. The summed E-state index contributed by atoms with van der Waals surface area (Å²) in [5, 5.41) is 2.32. The molecule has 0 spiro atoms. The Morgan fingerprint density at radius 1 is 1.21 bits per heavy atom. The molecule has 0 amide bonds. The Labute approximate surface area is 180 Å². The van der Waals surface area contributed by atoms with Crippen LogP contribution in [-0.2, 0) is 0 Å². The van der Waals surface area contributed by atoms with E-state index in [0.717, 1.165) is 37.1 Å². The largest absolute Gasteiger partial charge is 0.376 e. The summed E-state index contributed by atoms with van der Waals surface area (Å²) < 4.78 is 0. The van der Waals surface area contributed by atoms with Crippen LogP contribution < -0.4 is 10.6 Å². The van der Waals surface area contributed by atoms with Crippen molar-refractivity contribution in [2.75, 3.05) is 25.0 Å². The van der Waals surface area contributed by atoms with Crippen LogP contribution in [0.15, 0.2) is 42.6 Å². The van der Waals surface area contributed by atoms with Gasteiger partial charge in [-0.3, -0.25) is 4.90 Å². The minimum atomic E-state index is 0.222. The van der Waals surface area contributed by atoms with E-state index in [0.29, 0.717) is 21.7 Å². The number of aromatic nitrogens is 1. The van der Waals surface area contributed by atoms with Crippen molar-refractivity contribution >= 4 is 62.8 Å². The lowest BCUT2D eigenvalue weighted by molar-refractivity contribution is 0.256. The molecule has 2 heterocycles. The Bertz CT molecular complexity index is 1020. The highest BCUT2D eigenvalue weighted by Crippen LogP contribution is 2.39. The lowest BCUT2D eigenvalue weighted by atomic mass is 9.89. The van der Waals surface area contributed by atoms with Crippen LogP contribution in [0.5, 0.6) is 0 Å². The summed E-state index contributed by atoms with van der Waals surface area (Å²) >= 11 is 18.0. The van der Waals surface area contributed by atoms with E-state index in [4.69, 9.17) is 41.2 Å². The third-order valence-electron chi connectivity index (χ3n) is 5.51. The number of hydrogen-bond acceptors (Lipinski definition) is 2. The molecule has 28 heavy (non-hydrogen) atoms. The van der Waals surface area contributed by atoms with Gasteiger partial charge in [0.25, 0.3) is 0 Å². The van der Waals surface area contributed by atoms with Crippen LogP contribution in [-0.4, -0.2) is 35.1 Å². The van der Waals surface area contributed by atoms with Crippen molar-refractivity contribution in [1.82, 2.24) is 9.88 Å². The summed E-state index contributed by atoms with van der Waals surface area (Å²) in [5.74, 6) is 0.549. The van der Waals surface area contributed by atoms with E-state index in [1.165, 1.54) is 10.9 Å². The first kappa shape index (κ1) is 19.5. The van der Waals surface area contributed by atoms with E-state index in [2.05, 4.69) is 35.3 Å². The number of anilines is 2. The van der Waals surface area contributed by atoms with Gasteiger partial charge in [0.2, 0.25) is 0 Å². The first-order valence-corrected chi connectivity index (χ1v) is 10.5. The number of aromatic amines is 1. The fourth-order valence-corrected chi connectivity index (χ4v) is 4.56. The number of likely N-dealkylation sites (tertiary alicyclic amines) is 1. The zero-order chi connectivity index (χ0) is 19.8. The predicted octanol–water partition coefficient (Wildman–Crippen LogP) is 5.67. The lowest BCUT2D eigenvalue weighted by Gasteiger charge is -2.29. The Morgan fingerprint density at radius 2 is 1.96 bits per heavy atom. The van der Waals surface area contributed by atoms with Gasteiger partial charge < -0.3 is 15.6 Å². The fourth-order valence-electron chi connectivity index (χ4n) is 3.98. The van der Waals surface area contributed by atoms with Crippen LogP contribution in [0.3, 0.4) is 0 Å². The second-order valence-corrected chi connectivity index (χ2v) is 8.50. The molecule has 0 bridgehead atoms.